The molecule has 0 bridgehead atoms. The van der Waals surface area contributed by atoms with E-state index in [-0.39, 0.29) is 23.0 Å². The topological polar surface area (TPSA) is 111 Å². The molecule has 0 saturated heterocycles. The molecule has 1 aliphatic rings. The molecular formula is C35H28N2O6. The second-order valence-corrected chi connectivity index (χ2v) is 10.6. The van der Waals surface area contributed by atoms with Crippen molar-refractivity contribution in [1.82, 2.24) is 0 Å². The van der Waals surface area contributed by atoms with E-state index in [1.54, 1.807) is 72.8 Å². The number of rotatable bonds is 8. The average Bonchev–Trinajstić information content (AvgIpc) is 3.27. The molecule has 0 N–H and O–H groups in total. The van der Waals surface area contributed by atoms with Gasteiger partial charge in [0.25, 0.3) is 0 Å². The highest BCUT2D eigenvalue weighted by molar-refractivity contribution is 6.45. The monoisotopic (exact) mass is 572 g/mol. The van der Waals surface area contributed by atoms with Gasteiger partial charge in [0.05, 0.1) is 11.1 Å². The molecule has 0 radical (unpaired) electrons. The largest absolute Gasteiger partial charge is 0.365 e. The minimum Gasteiger partial charge on any atom is -0.312 e. The molecule has 0 heterocycles. The summed E-state index contributed by atoms with van der Waals surface area (Å²) in [6.07, 6.45) is 0. The van der Waals surface area contributed by atoms with Gasteiger partial charge in [-0.2, -0.15) is 0 Å². The van der Waals surface area contributed by atoms with Crippen LogP contribution in [0, 0.1) is 0 Å². The first-order chi connectivity index (χ1) is 20.6. The van der Waals surface area contributed by atoms with Crippen molar-refractivity contribution in [2.75, 3.05) is 0 Å². The number of nitrogens with zero attached hydrogens (tertiary/aromatic N) is 2. The summed E-state index contributed by atoms with van der Waals surface area (Å²) in [5, 5.41) is 7.55. The lowest BCUT2D eigenvalue weighted by molar-refractivity contribution is 0.0506. The van der Waals surface area contributed by atoms with Crippen molar-refractivity contribution in [2.45, 2.75) is 33.1 Å². The third-order valence-corrected chi connectivity index (χ3v) is 7.41. The minimum absolute atomic E-state index is 0.0353. The van der Waals surface area contributed by atoms with Crippen molar-refractivity contribution in [1.29, 1.82) is 0 Å². The van der Waals surface area contributed by atoms with Crippen molar-refractivity contribution in [2.24, 2.45) is 10.3 Å². The maximum Gasteiger partial charge on any atom is 0.365 e. The Labute approximate surface area is 248 Å². The maximum atomic E-state index is 13.2. The Morgan fingerprint density at radius 3 is 1.28 bits per heavy atom. The van der Waals surface area contributed by atoms with Crippen LogP contribution in [0.1, 0.15) is 80.3 Å². The van der Waals surface area contributed by atoms with Gasteiger partial charge < -0.3 is 9.68 Å². The number of oxime groups is 2. The van der Waals surface area contributed by atoms with E-state index >= 15 is 0 Å². The summed E-state index contributed by atoms with van der Waals surface area (Å²) < 4.78 is 0. The van der Waals surface area contributed by atoms with Crippen LogP contribution in [0.5, 0.6) is 0 Å². The first kappa shape index (κ1) is 29.0. The Morgan fingerprint density at radius 1 is 0.535 bits per heavy atom. The Hall–Kier alpha value is -5.50. The quantitative estimate of drug-likeness (QED) is 0.0991. The average molecular weight is 573 g/mol. The molecule has 214 valence electrons. The van der Waals surface area contributed by atoms with Crippen LogP contribution in [-0.4, -0.2) is 34.9 Å². The standard InChI is InChI=1S/C35H28N2O6/c1-21(36-42-33(40)23-11-7-5-8-12-23)31(38)25-15-17-27-28-18-16-26(20-30(28)35(3,4)29(27)19-25)32(39)22(2)37-43-34(41)24-13-9-6-10-14-24/h5-20H,1-4H3/b36-21+,37-22+. The number of hydrogen-bond acceptors (Lipinski definition) is 8. The van der Waals surface area contributed by atoms with E-state index in [0.717, 1.165) is 22.3 Å². The van der Waals surface area contributed by atoms with Gasteiger partial charge in [-0.25, -0.2) is 9.59 Å². The summed E-state index contributed by atoms with van der Waals surface area (Å²) in [6.45, 7) is 7.02. The van der Waals surface area contributed by atoms with Crippen LogP contribution in [0.2, 0.25) is 0 Å². The van der Waals surface area contributed by atoms with Crippen molar-refractivity contribution in [3.8, 4) is 11.1 Å². The summed E-state index contributed by atoms with van der Waals surface area (Å²) in [7, 11) is 0. The van der Waals surface area contributed by atoms with Crippen LogP contribution in [0.15, 0.2) is 107 Å². The summed E-state index contributed by atoms with van der Waals surface area (Å²) in [6, 6.07) is 27.6. The molecule has 0 atom stereocenters. The van der Waals surface area contributed by atoms with Crippen LogP contribution < -0.4 is 0 Å². The third kappa shape index (κ3) is 5.81. The van der Waals surface area contributed by atoms with Crippen LogP contribution >= 0.6 is 0 Å². The van der Waals surface area contributed by atoms with Gasteiger partial charge in [-0.15, -0.1) is 0 Å². The highest BCUT2D eigenvalue weighted by Gasteiger charge is 2.36. The van der Waals surface area contributed by atoms with E-state index in [2.05, 4.69) is 10.3 Å². The zero-order chi connectivity index (χ0) is 30.7. The lowest BCUT2D eigenvalue weighted by atomic mass is 9.81. The summed E-state index contributed by atoms with van der Waals surface area (Å²) >= 11 is 0. The summed E-state index contributed by atoms with van der Waals surface area (Å²) in [4.78, 5) is 60.8. The molecule has 43 heavy (non-hydrogen) atoms. The molecule has 4 aromatic rings. The van der Waals surface area contributed by atoms with Gasteiger partial charge in [-0.1, -0.05) is 84.8 Å². The highest BCUT2D eigenvalue weighted by atomic mass is 16.7. The second kappa shape index (κ2) is 11.8. The van der Waals surface area contributed by atoms with E-state index in [1.165, 1.54) is 13.8 Å². The number of hydrogen-bond donors (Lipinski definition) is 0. The molecule has 0 amide bonds. The molecule has 8 nitrogen and oxygen atoms in total. The number of fused-ring (bicyclic) bond motifs is 3. The lowest BCUT2D eigenvalue weighted by Gasteiger charge is -2.22. The smallest absolute Gasteiger partial charge is 0.312 e. The van der Waals surface area contributed by atoms with Gasteiger partial charge >= 0.3 is 11.9 Å². The third-order valence-electron chi connectivity index (χ3n) is 7.41. The van der Waals surface area contributed by atoms with Gasteiger partial charge in [0.1, 0.15) is 11.4 Å². The van der Waals surface area contributed by atoms with E-state index in [1.807, 2.05) is 38.1 Å². The van der Waals surface area contributed by atoms with E-state index < -0.39 is 17.4 Å². The molecule has 0 aromatic heterocycles. The molecule has 0 spiro atoms. The predicted molar refractivity (Wildman–Crippen MR) is 163 cm³/mol. The Morgan fingerprint density at radius 2 is 0.907 bits per heavy atom. The van der Waals surface area contributed by atoms with Crippen molar-refractivity contribution in [3.05, 3.63) is 130 Å². The zero-order valence-electron chi connectivity index (χ0n) is 24.1. The van der Waals surface area contributed by atoms with Gasteiger partial charge in [-0.3, -0.25) is 9.59 Å². The Balaban J connectivity index is 1.34. The molecule has 0 saturated carbocycles. The number of ketones is 2. The molecule has 0 aliphatic heterocycles. The Bertz CT molecular complexity index is 1690. The molecular weight excluding hydrogens is 544 g/mol. The molecule has 8 heteroatoms. The second-order valence-electron chi connectivity index (χ2n) is 10.6. The highest BCUT2D eigenvalue weighted by Crippen LogP contribution is 2.49. The van der Waals surface area contributed by atoms with Crippen molar-refractivity contribution >= 4 is 34.9 Å². The van der Waals surface area contributed by atoms with Crippen LogP contribution in [0.3, 0.4) is 0 Å². The first-order valence-corrected chi connectivity index (χ1v) is 13.6. The molecule has 0 fully saturated rings. The Kier molecular flexibility index (Phi) is 7.94. The normalized spacial score (nSPS) is 13.5. The van der Waals surface area contributed by atoms with Crippen LogP contribution in [-0.2, 0) is 15.1 Å². The molecule has 1 aliphatic carbocycles. The number of Topliss-reactive ketones (excluding diaryl/α,β-unsaturated/α-hetero) is 2. The van der Waals surface area contributed by atoms with E-state index in [9.17, 15) is 19.2 Å². The first-order valence-electron chi connectivity index (χ1n) is 13.6. The summed E-state index contributed by atoms with van der Waals surface area (Å²) in [5.74, 6) is -2.05. The fourth-order valence-electron chi connectivity index (χ4n) is 4.99. The molecule has 4 aromatic carbocycles. The summed E-state index contributed by atoms with van der Waals surface area (Å²) in [5.41, 5.74) is 4.71. The van der Waals surface area contributed by atoms with Gasteiger partial charge in [0.15, 0.2) is 0 Å². The fourth-order valence-corrected chi connectivity index (χ4v) is 4.99. The number of carbonyl (C=O) groups excluding carboxylic acids is 4. The zero-order valence-corrected chi connectivity index (χ0v) is 24.1. The number of carbonyl (C=O) groups is 4. The van der Waals surface area contributed by atoms with Gasteiger partial charge in [0.2, 0.25) is 11.6 Å². The number of benzene rings is 4. The van der Waals surface area contributed by atoms with Gasteiger partial charge in [-0.05, 0) is 72.5 Å². The molecule has 0 unspecified atom stereocenters. The fraction of sp³-hybridized carbons (Fsp3) is 0.143. The maximum absolute atomic E-state index is 13.2. The minimum atomic E-state index is -0.654. The van der Waals surface area contributed by atoms with Crippen LogP contribution in [0.25, 0.3) is 11.1 Å². The van der Waals surface area contributed by atoms with Gasteiger partial charge in [0, 0.05) is 16.5 Å². The van der Waals surface area contributed by atoms with Crippen molar-refractivity contribution < 1.29 is 28.9 Å². The lowest BCUT2D eigenvalue weighted by Crippen LogP contribution is -2.18. The SMILES string of the molecule is C/C(=N\OC(=O)c1ccccc1)C(=O)c1ccc2c(c1)C(C)(C)c1cc(C(=O)/C(C)=N/OC(=O)c3ccccc3)ccc1-2. The predicted octanol–water partition coefficient (Wildman–Crippen LogP) is 6.82. The van der Waals surface area contributed by atoms with E-state index in [0.29, 0.717) is 22.3 Å². The van der Waals surface area contributed by atoms with Crippen molar-refractivity contribution in [3.63, 3.8) is 0 Å². The van der Waals surface area contributed by atoms with E-state index in [4.69, 9.17) is 9.68 Å². The van der Waals surface area contributed by atoms with Crippen LogP contribution in [0.4, 0.5) is 0 Å². The molecule has 5 rings (SSSR count).